The standard InChI is InChI=1S/C32H33N/c1-4-10-26(5-2)28-11-9-12-29(23-28)27-15-19-31(20-16-27)32(21-7-6-8-22-32)30-17-13-25(14-18-30)24-33-3/h4-5,9-20,23H,1-3,6-8,21-22,24H2/b26-10+. The minimum absolute atomic E-state index is 0.0987. The SMILES string of the molecule is C=C/C=C(\C=C)c1cccc(-c2ccc(C3(c4ccc(CN=C)cc4)CCCCC3)cc2)c1. The van der Waals surface area contributed by atoms with Gasteiger partial charge in [0.05, 0.1) is 6.54 Å². The summed E-state index contributed by atoms with van der Waals surface area (Å²) in [6.07, 6.45) is 12.0. The van der Waals surface area contributed by atoms with Gasteiger partial charge in [-0.25, -0.2) is 0 Å². The summed E-state index contributed by atoms with van der Waals surface area (Å²) in [5.41, 5.74) is 8.87. The summed E-state index contributed by atoms with van der Waals surface area (Å²) in [6, 6.07) is 27.0. The molecule has 1 saturated carbocycles. The molecule has 166 valence electrons. The molecule has 1 nitrogen and oxygen atoms in total. The Kier molecular flexibility index (Phi) is 7.19. The maximum absolute atomic E-state index is 4.03. The Morgan fingerprint density at radius 3 is 2.09 bits per heavy atom. The summed E-state index contributed by atoms with van der Waals surface area (Å²) in [7, 11) is 0. The van der Waals surface area contributed by atoms with Crippen LogP contribution in [0.2, 0.25) is 0 Å². The smallest absolute Gasteiger partial charge is 0.0632 e. The molecule has 0 N–H and O–H groups in total. The van der Waals surface area contributed by atoms with Crippen molar-refractivity contribution in [3.8, 4) is 11.1 Å². The van der Waals surface area contributed by atoms with Crippen LogP contribution in [0.5, 0.6) is 0 Å². The molecule has 1 fully saturated rings. The van der Waals surface area contributed by atoms with Gasteiger partial charge in [0.2, 0.25) is 0 Å². The molecule has 0 heterocycles. The summed E-state index contributed by atoms with van der Waals surface area (Å²) in [5.74, 6) is 0. The Morgan fingerprint density at radius 2 is 1.48 bits per heavy atom. The first-order valence-electron chi connectivity index (χ1n) is 11.9. The quantitative estimate of drug-likeness (QED) is 0.250. The predicted octanol–water partition coefficient (Wildman–Crippen LogP) is 8.56. The fourth-order valence-corrected chi connectivity index (χ4v) is 5.23. The molecule has 0 radical (unpaired) electrons. The molecule has 1 aliphatic rings. The van der Waals surface area contributed by atoms with Crippen molar-refractivity contribution < 1.29 is 0 Å². The zero-order chi connectivity index (χ0) is 23.1. The van der Waals surface area contributed by atoms with Crippen molar-refractivity contribution >= 4 is 12.3 Å². The van der Waals surface area contributed by atoms with Crippen LogP contribution in [0.1, 0.15) is 54.4 Å². The molecule has 0 atom stereocenters. The fourth-order valence-electron chi connectivity index (χ4n) is 5.23. The van der Waals surface area contributed by atoms with Crippen molar-refractivity contribution in [2.45, 2.75) is 44.1 Å². The van der Waals surface area contributed by atoms with Crippen LogP contribution in [-0.4, -0.2) is 6.72 Å². The molecule has 0 bridgehead atoms. The van der Waals surface area contributed by atoms with Crippen molar-refractivity contribution in [1.29, 1.82) is 0 Å². The first-order chi connectivity index (χ1) is 16.2. The van der Waals surface area contributed by atoms with Gasteiger partial charge in [-0.15, -0.1) is 0 Å². The maximum atomic E-state index is 4.03. The molecule has 4 rings (SSSR count). The minimum Gasteiger partial charge on any atom is -0.296 e. The van der Waals surface area contributed by atoms with Crippen LogP contribution in [0.15, 0.2) is 109 Å². The number of nitrogens with zero attached hydrogens (tertiary/aromatic N) is 1. The van der Waals surface area contributed by atoms with Gasteiger partial charge < -0.3 is 0 Å². The second-order valence-corrected chi connectivity index (χ2v) is 8.94. The highest BCUT2D eigenvalue weighted by Gasteiger charge is 2.35. The molecule has 1 heteroatoms. The third-order valence-electron chi connectivity index (χ3n) is 6.99. The van der Waals surface area contributed by atoms with E-state index in [0.717, 1.165) is 11.1 Å². The molecule has 0 spiro atoms. The van der Waals surface area contributed by atoms with Crippen LogP contribution in [0.4, 0.5) is 0 Å². The highest BCUT2D eigenvalue weighted by Crippen LogP contribution is 2.45. The van der Waals surface area contributed by atoms with E-state index < -0.39 is 0 Å². The fraction of sp³-hybridized carbons (Fsp3) is 0.219. The van der Waals surface area contributed by atoms with Crippen LogP contribution in [0, 0.1) is 0 Å². The molecule has 0 saturated heterocycles. The highest BCUT2D eigenvalue weighted by molar-refractivity contribution is 5.78. The van der Waals surface area contributed by atoms with Crippen molar-refractivity contribution in [2.24, 2.45) is 4.99 Å². The van der Waals surface area contributed by atoms with E-state index in [9.17, 15) is 0 Å². The molecule has 33 heavy (non-hydrogen) atoms. The summed E-state index contributed by atoms with van der Waals surface area (Å²) in [4.78, 5) is 4.03. The number of aliphatic imine (C=N–C) groups is 1. The van der Waals surface area contributed by atoms with E-state index in [1.165, 1.54) is 59.9 Å². The van der Waals surface area contributed by atoms with Gasteiger partial charge in [-0.1, -0.05) is 117 Å². The van der Waals surface area contributed by atoms with Crippen molar-refractivity contribution in [3.05, 3.63) is 126 Å². The average Bonchev–Trinajstić information content (AvgIpc) is 2.88. The lowest BCUT2D eigenvalue weighted by atomic mass is 9.65. The number of hydrogen-bond acceptors (Lipinski definition) is 1. The predicted molar refractivity (Wildman–Crippen MR) is 144 cm³/mol. The van der Waals surface area contributed by atoms with Gasteiger partial charge >= 0.3 is 0 Å². The Balaban J connectivity index is 1.68. The monoisotopic (exact) mass is 431 g/mol. The maximum Gasteiger partial charge on any atom is 0.0632 e. The van der Waals surface area contributed by atoms with Crippen LogP contribution in [0.3, 0.4) is 0 Å². The molecule has 0 aliphatic heterocycles. The average molecular weight is 432 g/mol. The molecule has 0 unspecified atom stereocenters. The van der Waals surface area contributed by atoms with Gasteiger partial charge in [0, 0.05) is 5.41 Å². The van der Waals surface area contributed by atoms with E-state index in [4.69, 9.17) is 0 Å². The lowest BCUT2D eigenvalue weighted by Gasteiger charge is -2.39. The second-order valence-electron chi connectivity index (χ2n) is 8.94. The van der Waals surface area contributed by atoms with E-state index in [1.807, 2.05) is 18.2 Å². The Hall–Kier alpha value is -3.45. The molecule has 1 aliphatic carbocycles. The third kappa shape index (κ3) is 4.83. The van der Waals surface area contributed by atoms with Crippen LogP contribution in [-0.2, 0) is 12.0 Å². The molecule has 0 amide bonds. The zero-order valence-corrected chi connectivity index (χ0v) is 19.5. The van der Waals surface area contributed by atoms with Gasteiger partial charge in [0.15, 0.2) is 0 Å². The highest BCUT2D eigenvalue weighted by atomic mass is 14.7. The van der Waals surface area contributed by atoms with E-state index in [-0.39, 0.29) is 5.41 Å². The van der Waals surface area contributed by atoms with Gasteiger partial charge in [-0.2, -0.15) is 0 Å². The van der Waals surface area contributed by atoms with Crippen LogP contribution in [0.25, 0.3) is 16.7 Å². The van der Waals surface area contributed by atoms with Crippen molar-refractivity contribution in [3.63, 3.8) is 0 Å². The van der Waals surface area contributed by atoms with E-state index in [0.29, 0.717) is 6.54 Å². The number of benzene rings is 3. The Morgan fingerprint density at radius 1 is 0.818 bits per heavy atom. The minimum atomic E-state index is 0.0987. The first-order valence-corrected chi connectivity index (χ1v) is 11.9. The molecule has 3 aromatic rings. The van der Waals surface area contributed by atoms with E-state index in [1.54, 1.807) is 0 Å². The molecular formula is C32H33N. The van der Waals surface area contributed by atoms with Crippen LogP contribution < -0.4 is 0 Å². The van der Waals surface area contributed by atoms with Crippen molar-refractivity contribution in [2.75, 3.05) is 0 Å². The van der Waals surface area contributed by atoms with E-state index in [2.05, 4.69) is 97.7 Å². The Labute approximate surface area is 198 Å². The van der Waals surface area contributed by atoms with Crippen LogP contribution >= 0.6 is 0 Å². The van der Waals surface area contributed by atoms with E-state index >= 15 is 0 Å². The summed E-state index contributed by atoms with van der Waals surface area (Å²) >= 11 is 0. The lowest BCUT2D eigenvalue weighted by molar-refractivity contribution is 0.346. The lowest BCUT2D eigenvalue weighted by Crippen LogP contribution is -2.30. The number of rotatable bonds is 8. The number of allylic oxidation sites excluding steroid dienone is 4. The first kappa shape index (κ1) is 22.7. The van der Waals surface area contributed by atoms with Gasteiger partial charge in [-0.05, 0) is 64.6 Å². The molecular weight excluding hydrogens is 398 g/mol. The van der Waals surface area contributed by atoms with Gasteiger partial charge in [-0.3, -0.25) is 4.99 Å². The third-order valence-corrected chi connectivity index (χ3v) is 6.99. The largest absolute Gasteiger partial charge is 0.296 e. The van der Waals surface area contributed by atoms with Gasteiger partial charge in [0.25, 0.3) is 0 Å². The summed E-state index contributed by atoms with van der Waals surface area (Å²) in [5, 5.41) is 0. The van der Waals surface area contributed by atoms with Gasteiger partial charge in [0.1, 0.15) is 0 Å². The zero-order valence-electron chi connectivity index (χ0n) is 19.5. The normalized spacial score (nSPS) is 15.6. The topological polar surface area (TPSA) is 12.4 Å². The summed E-state index contributed by atoms with van der Waals surface area (Å²) in [6.45, 7) is 12.1. The summed E-state index contributed by atoms with van der Waals surface area (Å²) < 4.78 is 0. The van der Waals surface area contributed by atoms with Crippen molar-refractivity contribution in [1.82, 2.24) is 0 Å². The second kappa shape index (κ2) is 10.4. The number of hydrogen-bond donors (Lipinski definition) is 0. The molecule has 0 aromatic heterocycles. The molecule has 3 aromatic carbocycles. The Bertz CT molecular complexity index is 1140.